The number of aryl methyl sites for hydroxylation is 1. The summed E-state index contributed by atoms with van der Waals surface area (Å²) in [5, 5.41) is 2.90. The number of rotatable bonds is 3. The molecule has 0 spiro atoms. The number of aromatic nitrogens is 1. The number of nitrogens with zero attached hydrogens (tertiary/aromatic N) is 1. The Morgan fingerprint density at radius 3 is 3.00 bits per heavy atom. The summed E-state index contributed by atoms with van der Waals surface area (Å²) in [6.45, 7) is 2.54. The number of benzene rings is 2. The quantitative estimate of drug-likeness (QED) is 0.792. The highest BCUT2D eigenvalue weighted by atomic mass is 16.3. The van der Waals surface area contributed by atoms with Crippen molar-refractivity contribution < 1.29 is 9.21 Å². The molecule has 0 saturated heterocycles. The molecule has 0 aliphatic carbocycles. The van der Waals surface area contributed by atoms with E-state index in [0.29, 0.717) is 17.7 Å². The van der Waals surface area contributed by atoms with E-state index in [-0.39, 0.29) is 5.91 Å². The Hall–Kier alpha value is -2.62. The first-order valence-electron chi connectivity index (χ1n) is 6.39. The molecule has 3 rings (SSSR count). The largest absolute Gasteiger partial charge is 0.443 e. The first kappa shape index (κ1) is 12.4. The Bertz CT molecular complexity index is 762. The zero-order chi connectivity index (χ0) is 13.9. The minimum atomic E-state index is -0.121. The minimum absolute atomic E-state index is 0.121. The van der Waals surface area contributed by atoms with Gasteiger partial charge in [-0.05, 0) is 30.7 Å². The maximum atomic E-state index is 12.1. The van der Waals surface area contributed by atoms with Gasteiger partial charge in [-0.25, -0.2) is 4.98 Å². The molecule has 1 N–H and O–H groups in total. The molecule has 0 radical (unpaired) electrons. The molecule has 2 aromatic carbocycles. The van der Waals surface area contributed by atoms with E-state index >= 15 is 0 Å². The van der Waals surface area contributed by atoms with Crippen LogP contribution in [0.25, 0.3) is 11.1 Å². The second kappa shape index (κ2) is 5.17. The van der Waals surface area contributed by atoms with Crippen LogP contribution < -0.4 is 5.32 Å². The van der Waals surface area contributed by atoms with Gasteiger partial charge in [-0.3, -0.25) is 4.79 Å². The van der Waals surface area contributed by atoms with Crippen molar-refractivity contribution in [3.8, 4) is 0 Å². The van der Waals surface area contributed by atoms with Crippen LogP contribution in [-0.2, 0) is 6.54 Å². The summed E-state index contributed by atoms with van der Waals surface area (Å²) < 4.78 is 5.20. The minimum Gasteiger partial charge on any atom is -0.443 e. The van der Waals surface area contributed by atoms with E-state index in [0.717, 1.165) is 11.1 Å². The average molecular weight is 266 g/mol. The van der Waals surface area contributed by atoms with Gasteiger partial charge in [-0.2, -0.15) is 0 Å². The molecule has 0 atom stereocenters. The smallest absolute Gasteiger partial charge is 0.251 e. The van der Waals surface area contributed by atoms with Crippen LogP contribution in [0.4, 0.5) is 0 Å². The molecule has 0 fully saturated rings. The van der Waals surface area contributed by atoms with Gasteiger partial charge in [-0.15, -0.1) is 0 Å². The van der Waals surface area contributed by atoms with Crippen LogP contribution >= 0.6 is 0 Å². The first-order valence-corrected chi connectivity index (χ1v) is 6.39. The molecular formula is C16H14N2O2. The van der Waals surface area contributed by atoms with Gasteiger partial charge in [0, 0.05) is 12.1 Å². The summed E-state index contributed by atoms with van der Waals surface area (Å²) in [6, 6.07) is 13.3. The summed E-state index contributed by atoms with van der Waals surface area (Å²) in [4.78, 5) is 16.1. The van der Waals surface area contributed by atoms with Crippen molar-refractivity contribution in [2.75, 3.05) is 0 Å². The number of hydrogen-bond acceptors (Lipinski definition) is 3. The number of nitrogens with one attached hydrogen (secondary N) is 1. The molecular weight excluding hydrogens is 252 g/mol. The van der Waals surface area contributed by atoms with E-state index in [1.54, 1.807) is 18.2 Å². The molecule has 1 heterocycles. The maximum Gasteiger partial charge on any atom is 0.251 e. The lowest BCUT2D eigenvalue weighted by molar-refractivity contribution is 0.0951. The Morgan fingerprint density at radius 1 is 1.25 bits per heavy atom. The topological polar surface area (TPSA) is 55.1 Å². The highest BCUT2D eigenvalue weighted by Gasteiger charge is 2.08. The Kier molecular flexibility index (Phi) is 3.21. The molecule has 1 aromatic heterocycles. The summed E-state index contributed by atoms with van der Waals surface area (Å²) in [7, 11) is 0. The fourth-order valence-electron chi connectivity index (χ4n) is 2.10. The molecule has 0 saturated carbocycles. The van der Waals surface area contributed by atoms with Gasteiger partial charge in [0.05, 0.1) is 0 Å². The zero-order valence-electron chi connectivity index (χ0n) is 11.1. The lowest BCUT2D eigenvalue weighted by Crippen LogP contribution is -2.22. The third-order valence-corrected chi connectivity index (χ3v) is 3.13. The lowest BCUT2D eigenvalue weighted by atomic mass is 10.1. The van der Waals surface area contributed by atoms with Crippen LogP contribution in [0, 0.1) is 6.92 Å². The molecule has 4 nitrogen and oxygen atoms in total. The van der Waals surface area contributed by atoms with E-state index < -0.39 is 0 Å². The Labute approximate surface area is 116 Å². The van der Waals surface area contributed by atoms with Gasteiger partial charge in [0.2, 0.25) is 0 Å². The number of amides is 1. The van der Waals surface area contributed by atoms with Crippen LogP contribution in [0.5, 0.6) is 0 Å². The third kappa shape index (κ3) is 2.54. The van der Waals surface area contributed by atoms with Gasteiger partial charge in [-0.1, -0.05) is 29.8 Å². The molecule has 1 amide bonds. The zero-order valence-corrected chi connectivity index (χ0v) is 11.1. The van der Waals surface area contributed by atoms with E-state index in [2.05, 4.69) is 16.4 Å². The highest BCUT2D eigenvalue weighted by molar-refractivity contribution is 5.96. The number of hydrogen-bond donors (Lipinski definition) is 1. The van der Waals surface area contributed by atoms with Crippen LogP contribution in [0.3, 0.4) is 0 Å². The predicted molar refractivity (Wildman–Crippen MR) is 76.4 cm³/mol. The molecule has 0 unspecified atom stereocenters. The molecule has 0 aliphatic heterocycles. The fraction of sp³-hybridized carbons (Fsp3) is 0.125. The van der Waals surface area contributed by atoms with Crippen molar-refractivity contribution in [2.24, 2.45) is 0 Å². The third-order valence-electron chi connectivity index (χ3n) is 3.13. The SMILES string of the molecule is Cc1cccc(CNC(=O)c2ccc3ncoc3c2)c1. The molecule has 4 heteroatoms. The Balaban J connectivity index is 1.72. The molecule has 0 aliphatic rings. The molecule has 0 bridgehead atoms. The van der Waals surface area contributed by atoms with E-state index in [1.165, 1.54) is 12.0 Å². The van der Waals surface area contributed by atoms with Crippen molar-refractivity contribution in [1.29, 1.82) is 0 Å². The standard InChI is InChI=1S/C16H14N2O2/c1-11-3-2-4-12(7-11)9-17-16(19)13-5-6-14-15(8-13)20-10-18-14/h2-8,10H,9H2,1H3,(H,17,19). The first-order chi connectivity index (χ1) is 9.72. The summed E-state index contributed by atoms with van der Waals surface area (Å²) in [6.07, 6.45) is 1.37. The van der Waals surface area contributed by atoms with Gasteiger partial charge < -0.3 is 9.73 Å². The second-order valence-electron chi connectivity index (χ2n) is 4.71. The van der Waals surface area contributed by atoms with Crippen LogP contribution in [0.1, 0.15) is 21.5 Å². The summed E-state index contributed by atoms with van der Waals surface area (Å²) in [5.74, 6) is -0.121. The average Bonchev–Trinajstić information content (AvgIpc) is 2.92. The maximum absolute atomic E-state index is 12.1. The van der Waals surface area contributed by atoms with Gasteiger partial charge in [0.25, 0.3) is 5.91 Å². The molecule has 20 heavy (non-hydrogen) atoms. The van der Waals surface area contributed by atoms with Gasteiger partial charge >= 0.3 is 0 Å². The van der Waals surface area contributed by atoms with Crippen LogP contribution in [0.15, 0.2) is 53.3 Å². The van der Waals surface area contributed by atoms with Crippen LogP contribution in [0.2, 0.25) is 0 Å². The van der Waals surface area contributed by atoms with E-state index in [1.807, 2.05) is 25.1 Å². The van der Waals surface area contributed by atoms with Crippen LogP contribution in [-0.4, -0.2) is 10.9 Å². The fourth-order valence-corrected chi connectivity index (χ4v) is 2.10. The van der Waals surface area contributed by atoms with E-state index in [4.69, 9.17) is 4.42 Å². The number of oxazole rings is 1. The Morgan fingerprint density at radius 2 is 2.15 bits per heavy atom. The second-order valence-corrected chi connectivity index (χ2v) is 4.71. The lowest BCUT2D eigenvalue weighted by Gasteiger charge is -2.06. The van der Waals surface area contributed by atoms with Crippen molar-refractivity contribution >= 4 is 17.0 Å². The van der Waals surface area contributed by atoms with Crippen molar-refractivity contribution in [3.63, 3.8) is 0 Å². The summed E-state index contributed by atoms with van der Waals surface area (Å²) >= 11 is 0. The van der Waals surface area contributed by atoms with Gasteiger partial charge in [0.15, 0.2) is 12.0 Å². The van der Waals surface area contributed by atoms with Gasteiger partial charge in [0.1, 0.15) is 5.52 Å². The normalized spacial score (nSPS) is 10.7. The van der Waals surface area contributed by atoms with Crippen molar-refractivity contribution in [3.05, 3.63) is 65.5 Å². The monoisotopic (exact) mass is 266 g/mol. The van der Waals surface area contributed by atoms with E-state index in [9.17, 15) is 4.79 Å². The molecule has 100 valence electrons. The predicted octanol–water partition coefficient (Wildman–Crippen LogP) is 3.07. The molecule has 3 aromatic rings. The number of fused-ring (bicyclic) bond motifs is 1. The number of carbonyl (C=O) groups excluding carboxylic acids is 1. The summed E-state index contributed by atoms with van der Waals surface area (Å²) in [5.41, 5.74) is 4.20. The van der Waals surface area contributed by atoms with Crippen molar-refractivity contribution in [1.82, 2.24) is 10.3 Å². The highest BCUT2D eigenvalue weighted by Crippen LogP contribution is 2.14. The number of carbonyl (C=O) groups is 1. The van der Waals surface area contributed by atoms with Crippen molar-refractivity contribution in [2.45, 2.75) is 13.5 Å².